The molecule has 0 spiro atoms. The number of fused-ring (bicyclic) bond motifs is 4. The number of hydrogen-bond donors (Lipinski definition) is 5. The average molecular weight is 1810 g/mol. The van der Waals surface area contributed by atoms with Crippen LogP contribution in [0.2, 0.25) is 10.0 Å². The van der Waals surface area contributed by atoms with E-state index in [2.05, 4.69) is 55.3 Å². The number of pyridine rings is 2. The lowest BCUT2D eigenvalue weighted by Gasteiger charge is -2.35. The van der Waals surface area contributed by atoms with Crippen LogP contribution in [0.25, 0.3) is 21.8 Å². The summed E-state index contributed by atoms with van der Waals surface area (Å²) in [5.41, 5.74) is -3.11. The molecule has 119 heavy (non-hydrogen) atoms. The van der Waals surface area contributed by atoms with Crippen LogP contribution in [0.1, 0.15) is 120 Å². The Morgan fingerprint density at radius 2 is 1.08 bits per heavy atom. The molecule has 5 N–H and O–H groups in total. The van der Waals surface area contributed by atoms with E-state index in [4.69, 9.17) is 75.0 Å². The van der Waals surface area contributed by atoms with Gasteiger partial charge in [-0.2, -0.15) is 8.42 Å². The molecule has 8 fully saturated rings. The number of amides is 6. The summed E-state index contributed by atoms with van der Waals surface area (Å²) in [6.45, 7) is 23.8. The van der Waals surface area contributed by atoms with Gasteiger partial charge in [-0.3, -0.25) is 28.2 Å². The van der Waals surface area contributed by atoms with Crippen LogP contribution in [-0.2, 0) is 71.5 Å². The number of likely N-dealkylation sites (tertiary alicyclic amines) is 2. The Morgan fingerprint density at radius 3 is 1.52 bits per heavy atom. The molecule has 0 bridgehead atoms. The maximum atomic E-state index is 14.6. The van der Waals surface area contributed by atoms with E-state index >= 15 is 0 Å². The summed E-state index contributed by atoms with van der Waals surface area (Å²) in [6, 6.07) is 11.9. The van der Waals surface area contributed by atoms with Gasteiger partial charge in [-0.15, -0.1) is 36.7 Å². The van der Waals surface area contributed by atoms with Crippen molar-refractivity contribution in [3.8, 4) is 17.2 Å². The topological polar surface area (TPSA) is 363 Å². The Morgan fingerprint density at radius 1 is 0.613 bits per heavy atom. The van der Waals surface area contributed by atoms with E-state index < -0.39 is 116 Å². The third-order valence-corrected chi connectivity index (χ3v) is 27.1. The molecule has 29 nitrogen and oxygen atoms in total. The highest BCUT2D eigenvalue weighted by atomic mass is 79.9. The van der Waals surface area contributed by atoms with E-state index in [1.807, 2.05) is 46.8 Å². The number of esters is 2. The first-order chi connectivity index (χ1) is 56.5. The van der Waals surface area contributed by atoms with Crippen LogP contribution in [0.5, 0.6) is 17.2 Å². The van der Waals surface area contributed by atoms with Gasteiger partial charge in [0.25, 0.3) is 10.1 Å². The molecule has 4 heterocycles. The molecule has 2 aromatic heterocycles. The maximum absolute atomic E-state index is 14.6. The van der Waals surface area contributed by atoms with E-state index in [9.17, 15) is 51.6 Å². The fraction of sp³-hybridized carbons (Fsp3) is 0.571. The minimum absolute atomic E-state index is 0.0222. The number of benzene rings is 3. The number of methoxy groups -OCH3 is 4. The predicted molar refractivity (Wildman–Crippen MR) is 452 cm³/mol. The number of aromatic nitrogens is 2. The van der Waals surface area contributed by atoms with Crippen molar-refractivity contribution in [3.05, 3.63) is 111 Å². The van der Waals surface area contributed by atoms with Gasteiger partial charge in [0, 0.05) is 72.8 Å². The van der Waals surface area contributed by atoms with Crippen molar-refractivity contribution < 1.29 is 93.6 Å². The minimum atomic E-state index is -4.26. The second kappa shape index (κ2) is 38.7. The molecule has 13 rings (SSSR count). The Hall–Kier alpha value is -7.89. The molecule has 648 valence electrons. The van der Waals surface area contributed by atoms with E-state index in [0.29, 0.717) is 115 Å². The summed E-state index contributed by atoms with van der Waals surface area (Å²) in [4.78, 5) is 131. The van der Waals surface area contributed by atoms with E-state index in [1.165, 1.54) is 54.3 Å². The lowest BCUT2D eigenvalue weighted by atomic mass is 9.85. The summed E-state index contributed by atoms with van der Waals surface area (Å²) < 4.78 is 82.0. The van der Waals surface area contributed by atoms with Gasteiger partial charge >= 0.3 is 24.1 Å². The number of halogens is 3. The fourth-order valence-electron chi connectivity index (χ4n) is 16.1. The van der Waals surface area contributed by atoms with E-state index in [-0.39, 0.29) is 66.7 Å². The zero-order valence-electron chi connectivity index (χ0n) is 68.9. The molecule has 8 aliphatic rings. The average Bonchev–Trinajstić information content (AvgIpc) is 1.59. The molecule has 35 heteroatoms. The van der Waals surface area contributed by atoms with E-state index in [0.717, 1.165) is 48.6 Å². The standard InChI is InChI=1S/C39H51ClN4O9S.C31H40BrN3O9S.C14H16ClNO3S/c1-8-23-19-39(23,36(47)50-7)43-34(45)27-17-25(20-44(27)35(46)33(38(3,4)5)42-37(48)53-24-15-21-14-22(21)16-24)52-29-18-30(54-9-2)41-32-26(29)10-11-28(31(32)40)51-13-12-49-6;1-6-19-15-31(19,28(38)42-5)34-26(36)24-14-22(44-45(40,41)23-9-7-20(32)8-10-23)16-35(24)27(37)25(30(2,3)4)33-29(39)43-21-12-17-11-18(17)13-21;1-3-20-12-8-10(17)9-4-5-11(19-7-6-18-2)13(15)14(9)16-12/h8,10-11,18,21-25,27,33H,1,9,12-17,19-20H2,2-7H3,(H,42,48)(H,43,45);6-10,17-19,21-22,24-25H,1,11-16H2,2-5H3,(H,33,39)(H,34,36);4-5,8H,3,6-7H2,1-2H3,(H,16,17)/t21-,22+,23-,24?,25-,27+,33-,39-;17-,18+,19-,21?,22+,24+,25-,31-;/m11./s1. The van der Waals surface area contributed by atoms with Crippen molar-refractivity contribution in [1.82, 2.24) is 41.0 Å². The van der Waals surface area contributed by atoms with Crippen LogP contribution in [0.3, 0.4) is 0 Å². The highest BCUT2D eigenvalue weighted by Gasteiger charge is 2.64. The zero-order chi connectivity index (χ0) is 86.4. The van der Waals surface area contributed by atoms with Gasteiger partial charge in [-0.25, -0.2) is 24.2 Å². The van der Waals surface area contributed by atoms with Crippen LogP contribution in [0.15, 0.2) is 110 Å². The smallest absolute Gasteiger partial charge is 0.408 e. The van der Waals surface area contributed by atoms with Crippen LogP contribution < -0.4 is 40.9 Å². The molecule has 2 saturated heterocycles. The monoisotopic (exact) mass is 1810 g/mol. The zero-order valence-corrected chi connectivity index (χ0v) is 74.5. The molecule has 6 amide bonds. The molecular weight excluding hydrogens is 1700 g/mol. The summed E-state index contributed by atoms with van der Waals surface area (Å²) in [6.07, 6.45) is 5.81. The normalized spacial score (nSPS) is 26.0. The van der Waals surface area contributed by atoms with Crippen molar-refractivity contribution in [3.63, 3.8) is 0 Å². The first-order valence-electron chi connectivity index (χ1n) is 39.9. The molecule has 2 unspecified atom stereocenters. The lowest BCUT2D eigenvalue weighted by Crippen LogP contribution is -2.59. The summed E-state index contributed by atoms with van der Waals surface area (Å²) in [5.74, 6) is 1.31. The first-order valence-corrected chi connectivity index (χ1v) is 44.8. The highest BCUT2D eigenvalue weighted by molar-refractivity contribution is 9.10. The van der Waals surface area contributed by atoms with Gasteiger partial charge in [0.1, 0.15) is 99.1 Å². The van der Waals surface area contributed by atoms with Gasteiger partial charge in [-0.05, 0) is 146 Å². The second-order valence-electron chi connectivity index (χ2n) is 33.3. The number of H-pyrrole nitrogens is 1. The van der Waals surface area contributed by atoms with Gasteiger partial charge in [-0.1, -0.05) is 107 Å². The first kappa shape index (κ1) is 91.8. The SMILES string of the molecule is C=C[C@@H]1C[C@]1(NC(=O)[C@@H]1C[C@@H](Oc2cc(SCC)nc3c(Cl)c(OCCOC)ccc23)CN1C(=O)[C@@H](NC(=O)OC1C[C@@H]2C[C@@H]2C1)C(C)(C)C)C(=O)OC.C=C[C@@H]1C[C@]1(NC(=O)[C@@H]1C[C@H](OS(=O)(=O)c2ccc(Br)cc2)CN1C(=O)[C@@H](NC(=O)OC1C[C@@H]2C[C@@H]2C1)C(C)(C)C)C(=O)OC.CCSc1cc(=O)c2ccc(OCCOC)c(Cl)c2[nH]1. The predicted octanol–water partition coefficient (Wildman–Crippen LogP) is 12.2. The van der Waals surface area contributed by atoms with Crippen molar-refractivity contribution in [2.24, 2.45) is 46.3 Å². The second-order valence-corrected chi connectivity index (χ2v) is 39.2. The number of nitrogens with one attached hydrogen (secondary N) is 5. The number of carbonyl (C=O) groups excluding carboxylic acids is 8. The largest absolute Gasteiger partial charge is 0.490 e. The minimum Gasteiger partial charge on any atom is -0.490 e. The molecule has 6 aliphatic carbocycles. The van der Waals surface area contributed by atoms with Crippen molar-refractivity contribution in [1.29, 1.82) is 0 Å². The maximum Gasteiger partial charge on any atom is 0.408 e. The number of aromatic amines is 1. The molecule has 6 saturated carbocycles. The number of rotatable bonds is 31. The third-order valence-electron chi connectivity index (χ3n) is 22.8. The summed E-state index contributed by atoms with van der Waals surface area (Å²) in [5, 5.41) is 14.6. The number of carbonyl (C=O) groups is 8. The number of nitrogens with zero attached hydrogens (tertiary/aromatic N) is 3. The quantitative estimate of drug-likeness (QED) is 0.00687. The van der Waals surface area contributed by atoms with Crippen molar-refractivity contribution >= 4 is 142 Å². The van der Waals surface area contributed by atoms with Crippen molar-refractivity contribution in [2.45, 2.75) is 194 Å². The number of thioether (sulfide) groups is 2. The van der Waals surface area contributed by atoms with Gasteiger partial charge in [0.05, 0.1) is 61.0 Å². The van der Waals surface area contributed by atoms with Crippen LogP contribution in [0.4, 0.5) is 9.59 Å². The Labute approximate surface area is 720 Å². The van der Waals surface area contributed by atoms with Gasteiger partial charge in [0.2, 0.25) is 23.6 Å². The van der Waals surface area contributed by atoms with Crippen LogP contribution in [-0.4, -0.2) is 215 Å². The van der Waals surface area contributed by atoms with Gasteiger partial charge < -0.3 is 78.7 Å². The Kier molecular flexibility index (Phi) is 29.8. The fourth-order valence-corrected chi connectivity index (χ4v) is 19.3. The molecular formula is C84H107BrCl2N8O21S3. The summed E-state index contributed by atoms with van der Waals surface area (Å²) >= 11 is 19.5. The Balaban J connectivity index is 0.000000192. The Bertz CT molecular complexity index is 4800. The van der Waals surface area contributed by atoms with Gasteiger partial charge in [0.15, 0.2) is 5.43 Å². The lowest BCUT2D eigenvalue weighted by molar-refractivity contribution is -0.149. The molecule has 2 aliphatic heterocycles. The van der Waals surface area contributed by atoms with Crippen molar-refractivity contribution in [2.75, 3.05) is 79.5 Å². The number of hydrogen-bond acceptors (Lipinski definition) is 24. The molecule has 16 atom stereocenters. The van der Waals surface area contributed by atoms with E-state index in [1.54, 1.807) is 95.3 Å². The molecule has 3 aromatic carbocycles. The molecule has 5 aromatic rings. The third kappa shape index (κ3) is 21.8. The summed E-state index contributed by atoms with van der Waals surface area (Å²) in [7, 11) is 1.41. The number of ether oxygens (including phenoxy) is 9. The molecule has 0 radical (unpaired) electrons. The van der Waals surface area contributed by atoms with Crippen LogP contribution in [0, 0.1) is 46.3 Å². The highest BCUT2D eigenvalue weighted by Crippen LogP contribution is 2.54. The number of alkyl carbamates (subject to hydrolysis) is 2. The van der Waals surface area contributed by atoms with Crippen LogP contribution >= 0.6 is 62.7 Å².